The number of piperidine rings is 1. The number of aromatic nitrogens is 2. The number of rotatable bonds is 3. The molecule has 2 fully saturated rings. The molecule has 0 radical (unpaired) electrons. The fraction of sp³-hybridized carbons (Fsp3) is 0.700. The molecule has 6 heteroatoms. The van der Waals surface area contributed by atoms with Crippen LogP contribution in [0.2, 0.25) is 0 Å². The van der Waals surface area contributed by atoms with Crippen molar-refractivity contribution in [3.05, 3.63) is 29.4 Å². The molecule has 0 aromatic carbocycles. The molecule has 1 aromatic heterocycles. The van der Waals surface area contributed by atoms with Crippen molar-refractivity contribution in [2.24, 2.45) is 0 Å². The lowest BCUT2D eigenvalue weighted by Crippen LogP contribution is -2.58. The Morgan fingerprint density at radius 3 is 2.85 bits per heavy atom. The van der Waals surface area contributed by atoms with E-state index in [9.17, 15) is 4.79 Å². The number of nitrogens with zero attached hydrogens (tertiary/aromatic N) is 3. The quantitative estimate of drug-likeness (QED) is 0.810. The Hall–Kier alpha value is -1.66. The molecule has 0 unspecified atom stereocenters. The molecule has 4 rings (SSSR count). The highest BCUT2D eigenvalue weighted by Gasteiger charge is 2.47. The second-order valence-electron chi connectivity index (χ2n) is 8.21. The Kier molecular flexibility index (Phi) is 4.88. The molecule has 0 saturated carbocycles. The minimum atomic E-state index is -0.0284. The van der Waals surface area contributed by atoms with E-state index >= 15 is 0 Å². The van der Waals surface area contributed by atoms with Crippen molar-refractivity contribution in [3.8, 4) is 0 Å². The monoisotopic (exact) mass is 357 g/mol. The SMILES string of the molecule is CC(C)=CCN1CCc2[nH]cnc2C12CCN(C(=O)[C@@H]1CCCN1)CC2. The highest BCUT2D eigenvalue weighted by molar-refractivity contribution is 5.82. The maximum Gasteiger partial charge on any atom is 0.239 e. The average Bonchev–Trinajstić information content (AvgIpc) is 3.33. The van der Waals surface area contributed by atoms with E-state index in [1.54, 1.807) is 0 Å². The second-order valence-corrected chi connectivity index (χ2v) is 8.21. The topological polar surface area (TPSA) is 64.3 Å². The van der Waals surface area contributed by atoms with Crippen LogP contribution in [-0.4, -0.2) is 64.4 Å². The highest BCUT2D eigenvalue weighted by Crippen LogP contribution is 2.42. The van der Waals surface area contributed by atoms with E-state index in [2.05, 4.69) is 40.0 Å². The van der Waals surface area contributed by atoms with E-state index in [1.807, 2.05) is 6.33 Å². The van der Waals surface area contributed by atoms with Crippen LogP contribution >= 0.6 is 0 Å². The molecule has 1 amide bonds. The Labute approximate surface area is 156 Å². The van der Waals surface area contributed by atoms with Crippen LogP contribution in [0.25, 0.3) is 0 Å². The van der Waals surface area contributed by atoms with Crippen molar-refractivity contribution in [1.82, 2.24) is 25.1 Å². The zero-order valence-electron chi connectivity index (χ0n) is 16.1. The van der Waals surface area contributed by atoms with Gasteiger partial charge in [0.15, 0.2) is 0 Å². The predicted octanol–water partition coefficient (Wildman–Crippen LogP) is 1.80. The first kappa shape index (κ1) is 17.7. The molecule has 0 bridgehead atoms. The highest BCUT2D eigenvalue weighted by atomic mass is 16.2. The average molecular weight is 358 g/mol. The van der Waals surface area contributed by atoms with Gasteiger partial charge >= 0.3 is 0 Å². The van der Waals surface area contributed by atoms with Crippen LogP contribution in [0.3, 0.4) is 0 Å². The number of H-pyrrole nitrogens is 1. The lowest BCUT2D eigenvalue weighted by atomic mass is 9.78. The summed E-state index contributed by atoms with van der Waals surface area (Å²) in [4.78, 5) is 25.5. The fourth-order valence-electron chi connectivity index (χ4n) is 4.85. The lowest BCUT2D eigenvalue weighted by molar-refractivity contribution is -0.136. The third kappa shape index (κ3) is 3.09. The van der Waals surface area contributed by atoms with Crippen LogP contribution in [0.1, 0.15) is 50.9 Å². The van der Waals surface area contributed by atoms with E-state index in [0.29, 0.717) is 5.91 Å². The molecular weight excluding hydrogens is 326 g/mol. The molecule has 1 atom stereocenters. The number of carbonyl (C=O) groups is 1. The molecule has 1 spiro atoms. The Morgan fingerprint density at radius 1 is 1.35 bits per heavy atom. The second kappa shape index (κ2) is 7.16. The van der Waals surface area contributed by atoms with Crippen LogP contribution in [0, 0.1) is 0 Å². The molecule has 142 valence electrons. The molecule has 4 heterocycles. The van der Waals surface area contributed by atoms with E-state index in [4.69, 9.17) is 4.98 Å². The summed E-state index contributed by atoms with van der Waals surface area (Å²) in [7, 11) is 0. The van der Waals surface area contributed by atoms with Crippen LogP contribution in [0.4, 0.5) is 0 Å². The largest absolute Gasteiger partial charge is 0.348 e. The van der Waals surface area contributed by atoms with Gasteiger partial charge in [0.2, 0.25) is 5.91 Å². The normalized spacial score (nSPS) is 25.3. The van der Waals surface area contributed by atoms with Crippen molar-refractivity contribution in [2.45, 2.75) is 57.5 Å². The molecule has 6 nitrogen and oxygen atoms in total. The van der Waals surface area contributed by atoms with Gasteiger partial charge in [0.1, 0.15) is 0 Å². The van der Waals surface area contributed by atoms with Crippen LogP contribution < -0.4 is 5.32 Å². The minimum Gasteiger partial charge on any atom is -0.348 e. The number of amides is 1. The Morgan fingerprint density at radius 2 is 2.15 bits per heavy atom. The minimum absolute atomic E-state index is 0.0284. The van der Waals surface area contributed by atoms with Gasteiger partial charge in [-0.15, -0.1) is 0 Å². The number of imidazole rings is 1. The third-order valence-electron chi connectivity index (χ3n) is 6.38. The van der Waals surface area contributed by atoms with Crippen molar-refractivity contribution in [3.63, 3.8) is 0 Å². The number of nitrogens with one attached hydrogen (secondary N) is 2. The molecule has 2 saturated heterocycles. The number of allylic oxidation sites excluding steroid dienone is 1. The van der Waals surface area contributed by atoms with Gasteiger partial charge in [0.05, 0.1) is 23.6 Å². The zero-order valence-corrected chi connectivity index (χ0v) is 16.1. The molecule has 3 aliphatic heterocycles. The molecule has 2 N–H and O–H groups in total. The van der Waals surface area contributed by atoms with E-state index in [1.165, 1.54) is 17.0 Å². The number of hydrogen-bond acceptors (Lipinski definition) is 4. The van der Waals surface area contributed by atoms with E-state index in [0.717, 1.165) is 64.8 Å². The summed E-state index contributed by atoms with van der Waals surface area (Å²) in [5, 5.41) is 3.35. The summed E-state index contributed by atoms with van der Waals surface area (Å²) in [6, 6.07) is 0.0399. The van der Waals surface area contributed by atoms with Crippen molar-refractivity contribution >= 4 is 5.91 Å². The number of carbonyl (C=O) groups excluding carboxylic acids is 1. The van der Waals surface area contributed by atoms with Gasteiger partial charge in [0, 0.05) is 38.3 Å². The van der Waals surface area contributed by atoms with Crippen LogP contribution in [0.5, 0.6) is 0 Å². The summed E-state index contributed by atoms with van der Waals surface area (Å²) < 4.78 is 0. The summed E-state index contributed by atoms with van der Waals surface area (Å²) in [6.45, 7) is 8.97. The maximum atomic E-state index is 12.8. The third-order valence-corrected chi connectivity index (χ3v) is 6.38. The van der Waals surface area contributed by atoms with Gasteiger partial charge in [-0.3, -0.25) is 9.69 Å². The molecule has 0 aliphatic carbocycles. The van der Waals surface area contributed by atoms with Gasteiger partial charge in [-0.2, -0.15) is 0 Å². The van der Waals surface area contributed by atoms with Crippen molar-refractivity contribution in [2.75, 3.05) is 32.7 Å². The van der Waals surface area contributed by atoms with Gasteiger partial charge in [-0.05, 0) is 46.1 Å². The van der Waals surface area contributed by atoms with Gasteiger partial charge in [-0.25, -0.2) is 4.98 Å². The number of likely N-dealkylation sites (tertiary alicyclic amines) is 1. The standard InChI is InChI=1S/C20H31N5O/c1-15(2)5-10-25-11-6-16-18(23-14-22-16)20(25)7-12-24(13-8-20)19(26)17-4-3-9-21-17/h5,14,17,21H,3-4,6-13H2,1-2H3,(H,22,23)/t17-/m0/s1. The van der Waals surface area contributed by atoms with Gasteiger partial charge < -0.3 is 15.2 Å². The Bertz CT molecular complexity index is 676. The summed E-state index contributed by atoms with van der Waals surface area (Å²) in [6.07, 6.45) is 9.23. The molecule has 1 aromatic rings. The zero-order chi connectivity index (χ0) is 18.1. The number of hydrogen-bond donors (Lipinski definition) is 2. The van der Waals surface area contributed by atoms with Crippen LogP contribution in [0.15, 0.2) is 18.0 Å². The first-order chi connectivity index (χ1) is 12.6. The summed E-state index contributed by atoms with van der Waals surface area (Å²) in [5.41, 5.74) is 3.83. The summed E-state index contributed by atoms with van der Waals surface area (Å²) in [5.74, 6) is 0.297. The fourth-order valence-corrected chi connectivity index (χ4v) is 4.85. The number of aromatic amines is 1. The number of fused-ring (bicyclic) bond motifs is 2. The van der Waals surface area contributed by atoms with E-state index < -0.39 is 0 Å². The molecule has 3 aliphatic rings. The van der Waals surface area contributed by atoms with Crippen LogP contribution in [-0.2, 0) is 16.8 Å². The predicted molar refractivity (Wildman–Crippen MR) is 102 cm³/mol. The maximum absolute atomic E-state index is 12.8. The lowest BCUT2D eigenvalue weighted by Gasteiger charge is -2.50. The smallest absolute Gasteiger partial charge is 0.239 e. The molecule has 26 heavy (non-hydrogen) atoms. The summed E-state index contributed by atoms with van der Waals surface area (Å²) >= 11 is 0. The Balaban J connectivity index is 1.53. The first-order valence-electron chi connectivity index (χ1n) is 10.0. The van der Waals surface area contributed by atoms with Crippen molar-refractivity contribution < 1.29 is 4.79 Å². The molecular formula is C20H31N5O. The van der Waals surface area contributed by atoms with Gasteiger partial charge in [-0.1, -0.05) is 11.6 Å². The first-order valence-corrected chi connectivity index (χ1v) is 10.0. The van der Waals surface area contributed by atoms with E-state index in [-0.39, 0.29) is 11.6 Å². The van der Waals surface area contributed by atoms with Gasteiger partial charge in [0.25, 0.3) is 0 Å². The van der Waals surface area contributed by atoms with Crippen molar-refractivity contribution in [1.29, 1.82) is 0 Å².